The first-order valence-corrected chi connectivity index (χ1v) is 5.67. The molecule has 0 aromatic carbocycles. The fourth-order valence-electron chi connectivity index (χ4n) is 1.11. The zero-order valence-corrected chi connectivity index (χ0v) is 9.89. The van der Waals surface area contributed by atoms with E-state index in [1.165, 1.54) is 11.5 Å². The number of methoxy groups -OCH3 is 1. The number of hydrogen-bond acceptors (Lipinski definition) is 6. The molecule has 0 fully saturated rings. The van der Waals surface area contributed by atoms with E-state index >= 15 is 0 Å². The lowest BCUT2D eigenvalue weighted by Crippen LogP contribution is -2.05. The minimum absolute atomic E-state index is 0.455. The standard InChI is InChI=1S/C9H17N3O2S/c1-3-14-7-8(10)12-15-9(7)11-5-4-6-13-2/h11H,3-6H2,1-2H3,(H2,10,12). The third kappa shape index (κ3) is 3.56. The number of rotatable bonds is 7. The van der Waals surface area contributed by atoms with Crippen LogP contribution in [0.25, 0.3) is 0 Å². The summed E-state index contributed by atoms with van der Waals surface area (Å²) in [6.45, 7) is 4.09. The van der Waals surface area contributed by atoms with Crippen molar-refractivity contribution in [3.8, 4) is 5.75 Å². The lowest BCUT2D eigenvalue weighted by Gasteiger charge is -2.06. The highest BCUT2D eigenvalue weighted by Crippen LogP contribution is 2.34. The van der Waals surface area contributed by atoms with Crippen LogP contribution in [-0.2, 0) is 4.74 Å². The molecular weight excluding hydrogens is 214 g/mol. The summed E-state index contributed by atoms with van der Waals surface area (Å²) in [5.74, 6) is 1.12. The molecule has 0 spiro atoms. The van der Waals surface area contributed by atoms with E-state index in [0.717, 1.165) is 24.6 Å². The molecule has 0 unspecified atom stereocenters. The molecule has 6 heteroatoms. The minimum Gasteiger partial charge on any atom is -0.487 e. The summed E-state index contributed by atoms with van der Waals surface area (Å²) in [4.78, 5) is 0. The lowest BCUT2D eigenvalue weighted by atomic mass is 10.4. The molecule has 15 heavy (non-hydrogen) atoms. The van der Waals surface area contributed by atoms with Gasteiger partial charge in [0, 0.05) is 20.3 Å². The predicted octanol–water partition coefficient (Wildman–Crippen LogP) is 1.57. The first-order chi connectivity index (χ1) is 7.29. The van der Waals surface area contributed by atoms with E-state index in [9.17, 15) is 0 Å². The summed E-state index contributed by atoms with van der Waals surface area (Å²) < 4.78 is 14.4. The van der Waals surface area contributed by atoms with E-state index in [2.05, 4.69) is 9.69 Å². The van der Waals surface area contributed by atoms with Gasteiger partial charge in [-0.15, -0.1) is 0 Å². The highest BCUT2D eigenvalue weighted by molar-refractivity contribution is 7.11. The Kier molecular flexibility index (Phi) is 5.20. The number of nitrogen functional groups attached to an aromatic ring is 1. The molecule has 0 saturated heterocycles. The van der Waals surface area contributed by atoms with Crippen LogP contribution in [0.5, 0.6) is 5.75 Å². The van der Waals surface area contributed by atoms with E-state index < -0.39 is 0 Å². The first-order valence-electron chi connectivity index (χ1n) is 4.90. The molecule has 0 radical (unpaired) electrons. The number of nitrogens with zero attached hydrogens (tertiary/aromatic N) is 1. The van der Waals surface area contributed by atoms with Crippen LogP contribution in [0, 0.1) is 0 Å². The fourth-order valence-corrected chi connectivity index (χ4v) is 1.79. The number of aromatic nitrogens is 1. The van der Waals surface area contributed by atoms with Crippen LogP contribution in [0.4, 0.5) is 10.8 Å². The van der Waals surface area contributed by atoms with Gasteiger partial charge in [0.05, 0.1) is 6.61 Å². The smallest absolute Gasteiger partial charge is 0.197 e. The van der Waals surface area contributed by atoms with E-state index in [-0.39, 0.29) is 0 Å². The van der Waals surface area contributed by atoms with E-state index in [4.69, 9.17) is 15.2 Å². The van der Waals surface area contributed by atoms with Crippen molar-refractivity contribution in [2.75, 3.05) is 37.9 Å². The molecule has 1 aromatic heterocycles. The Morgan fingerprint density at radius 2 is 2.33 bits per heavy atom. The Bertz CT molecular complexity index is 291. The van der Waals surface area contributed by atoms with Gasteiger partial charge >= 0.3 is 0 Å². The summed E-state index contributed by atoms with van der Waals surface area (Å²) in [7, 11) is 1.69. The molecule has 0 aliphatic rings. The van der Waals surface area contributed by atoms with Crippen molar-refractivity contribution in [1.82, 2.24) is 4.37 Å². The number of ether oxygens (including phenoxy) is 2. The predicted molar refractivity (Wildman–Crippen MR) is 62.7 cm³/mol. The first kappa shape index (κ1) is 12.1. The van der Waals surface area contributed by atoms with Crippen molar-refractivity contribution in [3.05, 3.63) is 0 Å². The Morgan fingerprint density at radius 3 is 3.00 bits per heavy atom. The molecule has 0 atom stereocenters. The largest absolute Gasteiger partial charge is 0.487 e. The maximum Gasteiger partial charge on any atom is 0.197 e. The highest BCUT2D eigenvalue weighted by atomic mass is 32.1. The maximum atomic E-state index is 5.67. The zero-order valence-electron chi connectivity index (χ0n) is 9.08. The van der Waals surface area contributed by atoms with Crippen molar-refractivity contribution >= 4 is 22.4 Å². The molecule has 0 amide bonds. The van der Waals surface area contributed by atoms with Gasteiger partial charge in [0.1, 0.15) is 0 Å². The minimum atomic E-state index is 0.455. The van der Waals surface area contributed by atoms with Gasteiger partial charge in [-0.2, -0.15) is 4.37 Å². The van der Waals surface area contributed by atoms with Crippen molar-refractivity contribution in [1.29, 1.82) is 0 Å². The Labute approximate surface area is 93.7 Å². The summed E-state index contributed by atoms with van der Waals surface area (Å²) in [5, 5.41) is 4.12. The van der Waals surface area contributed by atoms with Crippen molar-refractivity contribution in [2.24, 2.45) is 0 Å². The summed E-state index contributed by atoms with van der Waals surface area (Å²) in [6, 6.07) is 0. The molecule has 86 valence electrons. The molecule has 3 N–H and O–H groups in total. The van der Waals surface area contributed by atoms with Gasteiger partial charge in [0.2, 0.25) is 0 Å². The Balaban J connectivity index is 2.45. The van der Waals surface area contributed by atoms with Crippen molar-refractivity contribution < 1.29 is 9.47 Å². The van der Waals surface area contributed by atoms with Crippen LogP contribution in [0.2, 0.25) is 0 Å². The number of nitrogens with two attached hydrogens (primary N) is 1. The lowest BCUT2D eigenvalue weighted by molar-refractivity contribution is 0.198. The third-order valence-corrected chi connectivity index (χ3v) is 2.57. The van der Waals surface area contributed by atoms with Gasteiger partial charge in [-0.05, 0) is 24.9 Å². The van der Waals surface area contributed by atoms with Gasteiger partial charge in [0.25, 0.3) is 0 Å². The van der Waals surface area contributed by atoms with E-state index in [0.29, 0.717) is 18.2 Å². The van der Waals surface area contributed by atoms with E-state index in [1.807, 2.05) is 6.92 Å². The van der Waals surface area contributed by atoms with Gasteiger partial charge in [-0.25, -0.2) is 0 Å². The molecule has 1 heterocycles. The van der Waals surface area contributed by atoms with Gasteiger partial charge < -0.3 is 20.5 Å². The maximum absolute atomic E-state index is 5.67. The summed E-state index contributed by atoms with van der Waals surface area (Å²) in [6.07, 6.45) is 0.944. The highest BCUT2D eigenvalue weighted by Gasteiger charge is 2.11. The summed E-state index contributed by atoms with van der Waals surface area (Å²) >= 11 is 1.32. The van der Waals surface area contributed by atoms with Crippen molar-refractivity contribution in [2.45, 2.75) is 13.3 Å². The number of nitrogens with one attached hydrogen (secondary N) is 1. The van der Waals surface area contributed by atoms with Crippen LogP contribution in [0.1, 0.15) is 13.3 Å². The zero-order chi connectivity index (χ0) is 11.1. The van der Waals surface area contributed by atoms with E-state index in [1.54, 1.807) is 7.11 Å². The second-order valence-electron chi connectivity index (χ2n) is 2.93. The van der Waals surface area contributed by atoms with Crippen LogP contribution in [-0.4, -0.2) is 31.2 Å². The molecule has 1 aromatic rings. The molecule has 0 bridgehead atoms. The van der Waals surface area contributed by atoms with Crippen molar-refractivity contribution in [3.63, 3.8) is 0 Å². The van der Waals surface area contributed by atoms with Crippen LogP contribution in [0.3, 0.4) is 0 Å². The molecule has 0 aliphatic heterocycles. The quantitative estimate of drug-likeness (QED) is 0.697. The Morgan fingerprint density at radius 1 is 1.53 bits per heavy atom. The van der Waals surface area contributed by atoms with Crippen LogP contribution >= 0.6 is 11.5 Å². The number of anilines is 2. The van der Waals surface area contributed by atoms with Gasteiger partial charge in [-0.3, -0.25) is 0 Å². The monoisotopic (exact) mass is 231 g/mol. The second-order valence-corrected chi connectivity index (χ2v) is 3.71. The molecule has 0 aliphatic carbocycles. The average Bonchev–Trinajstić information content (AvgIpc) is 2.57. The summed E-state index contributed by atoms with van der Waals surface area (Å²) in [5.41, 5.74) is 5.67. The fraction of sp³-hybridized carbons (Fsp3) is 0.667. The number of hydrogen-bond donors (Lipinski definition) is 2. The molecule has 5 nitrogen and oxygen atoms in total. The molecule has 1 rings (SSSR count). The normalized spacial score (nSPS) is 10.3. The van der Waals surface area contributed by atoms with Gasteiger partial charge in [-0.1, -0.05) is 0 Å². The third-order valence-electron chi connectivity index (χ3n) is 1.77. The van der Waals surface area contributed by atoms with Gasteiger partial charge in [0.15, 0.2) is 16.6 Å². The van der Waals surface area contributed by atoms with Crippen LogP contribution < -0.4 is 15.8 Å². The Hall–Kier alpha value is -1.01. The average molecular weight is 231 g/mol. The second kappa shape index (κ2) is 6.47. The molecular formula is C9H17N3O2S. The topological polar surface area (TPSA) is 69.4 Å². The molecule has 0 saturated carbocycles. The van der Waals surface area contributed by atoms with Crippen LogP contribution in [0.15, 0.2) is 0 Å². The SMILES string of the molecule is CCOc1c(N)nsc1NCCCOC.